The van der Waals surface area contributed by atoms with Crippen LogP contribution >= 0.6 is 11.8 Å². The summed E-state index contributed by atoms with van der Waals surface area (Å²) in [5, 5.41) is 19.5. The van der Waals surface area contributed by atoms with Gasteiger partial charge in [0.05, 0.1) is 11.7 Å². The minimum Gasteiger partial charge on any atom is -0.478 e. The van der Waals surface area contributed by atoms with E-state index in [1.54, 1.807) is 18.3 Å². The first kappa shape index (κ1) is 12.4. The molecule has 0 amide bonds. The van der Waals surface area contributed by atoms with Crippen LogP contribution in [0.15, 0.2) is 23.4 Å². The number of nitrogens with zero attached hydrogens (tertiary/aromatic N) is 1. The number of carbonyl (C=O) groups is 1. The molecule has 1 aliphatic rings. The van der Waals surface area contributed by atoms with Gasteiger partial charge in [0.15, 0.2) is 0 Å². The second-order valence-electron chi connectivity index (χ2n) is 4.17. The lowest BCUT2D eigenvalue weighted by Crippen LogP contribution is -2.27. The summed E-state index contributed by atoms with van der Waals surface area (Å²) < 4.78 is 0. The fraction of sp³-hybridized carbons (Fsp3) is 0.500. The van der Waals surface area contributed by atoms with Crippen molar-refractivity contribution in [3.8, 4) is 0 Å². The number of aromatic carboxylic acids is 1. The number of carboxylic acid groups (broad SMARTS) is 1. The number of thioether (sulfide) groups is 1. The minimum atomic E-state index is -0.967. The van der Waals surface area contributed by atoms with E-state index in [1.807, 2.05) is 0 Å². The van der Waals surface area contributed by atoms with Crippen molar-refractivity contribution in [2.75, 3.05) is 0 Å². The average Bonchev–Trinajstić information content (AvgIpc) is 2.32. The normalized spacial score (nSPS) is 24.5. The van der Waals surface area contributed by atoms with E-state index in [2.05, 4.69) is 4.98 Å². The summed E-state index contributed by atoms with van der Waals surface area (Å²) in [5.74, 6) is -0.967. The topological polar surface area (TPSA) is 70.4 Å². The van der Waals surface area contributed by atoms with E-state index in [-0.39, 0.29) is 16.9 Å². The number of carboxylic acids is 1. The fourth-order valence-electron chi connectivity index (χ4n) is 2.01. The van der Waals surface area contributed by atoms with Gasteiger partial charge in [-0.05, 0) is 25.0 Å². The van der Waals surface area contributed by atoms with Crippen molar-refractivity contribution in [3.63, 3.8) is 0 Å². The Bertz CT molecular complexity index is 410. The molecule has 0 aromatic carbocycles. The van der Waals surface area contributed by atoms with Crippen molar-refractivity contribution < 1.29 is 15.0 Å². The van der Waals surface area contributed by atoms with Gasteiger partial charge >= 0.3 is 5.97 Å². The van der Waals surface area contributed by atoms with Crippen LogP contribution in [0.5, 0.6) is 0 Å². The van der Waals surface area contributed by atoms with Crippen molar-refractivity contribution >= 4 is 17.7 Å². The maximum absolute atomic E-state index is 11.0. The summed E-state index contributed by atoms with van der Waals surface area (Å²) in [7, 11) is 0. The van der Waals surface area contributed by atoms with Crippen molar-refractivity contribution in [2.45, 2.75) is 42.1 Å². The molecule has 2 atom stereocenters. The molecule has 0 aliphatic heterocycles. The molecule has 17 heavy (non-hydrogen) atoms. The molecule has 1 fully saturated rings. The van der Waals surface area contributed by atoms with Crippen molar-refractivity contribution in [1.29, 1.82) is 0 Å². The van der Waals surface area contributed by atoms with Crippen molar-refractivity contribution in [1.82, 2.24) is 4.98 Å². The predicted molar refractivity (Wildman–Crippen MR) is 65.3 cm³/mol. The largest absolute Gasteiger partial charge is 0.478 e. The van der Waals surface area contributed by atoms with Crippen LogP contribution < -0.4 is 0 Å². The zero-order chi connectivity index (χ0) is 12.3. The van der Waals surface area contributed by atoms with Crippen LogP contribution in [0.4, 0.5) is 0 Å². The maximum atomic E-state index is 11.0. The summed E-state index contributed by atoms with van der Waals surface area (Å²) in [6.45, 7) is 0. The zero-order valence-corrected chi connectivity index (χ0v) is 10.2. The number of aromatic nitrogens is 1. The first-order chi connectivity index (χ1) is 8.18. The SMILES string of the molecule is O=C(O)c1cccnc1S[C@H]1CCCC[C@@H]1O. The third-order valence-electron chi connectivity index (χ3n) is 2.93. The number of hydrogen-bond acceptors (Lipinski definition) is 4. The van der Waals surface area contributed by atoms with Gasteiger partial charge in [0.2, 0.25) is 0 Å². The van der Waals surface area contributed by atoms with Gasteiger partial charge < -0.3 is 10.2 Å². The monoisotopic (exact) mass is 253 g/mol. The van der Waals surface area contributed by atoms with Crippen molar-refractivity contribution in [2.24, 2.45) is 0 Å². The molecule has 0 unspecified atom stereocenters. The maximum Gasteiger partial charge on any atom is 0.338 e. The Balaban J connectivity index is 2.14. The Morgan fingerprint density at radius 1 is 1.41 bits per heavy atom. The highest BCUT2D eigenvalue weighted by Gasteiger charge is 2.26. The Morgan fingerprint density at radius 2 is 2.18 bits per heavy atom. The van der Waals surface area contributed by atoms with Gasteiger partial charge in [0, 0.05) is 11.4 Å². The van der Waals surface area contributed by atoms with Gasteiger partial charge in [-0.15, -0.1) is 0 Å². The highest BCUT2D eigenvalue weighted by Crippen LogP contribution is 2.34. The van der Waals surface area contributed by atoms with E-state index < -0.39 is 5.97 Å². The summed E-state index contributed by atoms with van der Waals surface area (Å²) in [6, 6.07) is 3.16. The van der Waals surface area contributed by atoms with E-state index >= 15 is 0 Å². The van der Waals surface area contributed by atoms with Crippen LogP contribution in [-0.2, 0) is 0 Å². The molecule has 92 valence electrons. The molecule has 1 heterocycles. The molecular formula is C12H15NO3S. The lowest BCUT2D eigenvalue weighted by Gasteiger charge is -2.26. The second kappa shape index (κ2) is 5.51. The summed E-state index contributed by atoms with van der Waals surface area (Å²) in [4.78, 5) is 15.1. The number of pyridine rings is 1. The first-order valence-corrected chi connectivity index (χ1v) is 6.59. The van der Waals surface area contributed by atoms with Crippen molar-refractivity contribution in [3.05, 3.63) is 23.9 Å². The lowest BCUT2D eigenvalue weighted by atomic mass is 9.97. The molecule has 4 nitrogen and oxygen atoms in total. The van der Waals surface area contributed by atoms with E-state index in [4.69, 9.17) is 5.11 Å². The highest BCUT2D eigenvalue weighted by molar-refractivity contribution is 8.00. The van der Waals surface area contributed by atoms with Gasteiger partial charge in [0.1, 0.15) is 5.03 Å². The van der Waals surface area contributed by atoms with Gasteiger partial charge in [-0.1, -0.05) is 24.6 Å². The molecule has 0 bridgehead atoms. The van der Waals surface area contributed by atoms with E-state index in [1.165, 1.54) is 11.8 Å². The second-order valence-corrected chi connectivity index (χ2v) is 5.40. The predicted octanol–water partition coefficient (Wildman–Crippen LogP) is 2.18. The minimum absolute atomic E-state index is 0.0664. The Kier molecular flexibility index (Phi) is 4.02. The highest BCUT2D eigenvalue weighted by atomic mass is 32.2. The molecule has 2 rings (SSSR count). The lowest BCUT2D eigenvalue weighted by molar-refractivity contribution is 0.0692. The van der Waals surface area contributed by atoms with Crippen LogP contribution in [-0.4, -0.2) is 32.5 Å². The molecule has 1 aliphatic carbocycles. The van der Waals surface area contributed by atoms with E-state index in [0.717, 1.165) is 25.7 Å². The molecule has 0 spiro atoms. The average molecular weight is 253 g/mol. The Hall–Kier alpha value is -1.07. The smallest absolute Gasteiger partial charge is 0.338 e. The third kappa shape index (κ3) is 2.98. The molecular weight excluding hydrogens is 238 g/mol. The van der Waals surface area contributed by atoms with E-state index in [9.17, 15) is 9.90 Å². The third-order valence-corrected chi connectivity index (χ3v) is 4.33. The molecule has 1 aromatic heterocycles. The van der Waals surface area contributed by atoms with Gasteiger partial charge in [-0.3, -0.25) is 0 Å². The van der Waals surface area contributed by atoms with E-state index in [0.29, 0.717) is 5.03 Å². The number of aliphatic hydroxyl groups is 1. The van der Waals surface area contributed by atoms with Crippen LogP contribution in [0.25, 0.3) is 0 Å². The van der Waals surface area contributed by atoms with Gasteiger partial charge in [-0.2, -0.15) is 0 Å². The van der Waals surface area contributed by atoms with Gasteiger partial charge in [-0.25, -0.2) is 9.78 Å². The van der Waals surface area contributed by atoms with Crippen LogP contribution in [0.2, 0.25) is 0 Å². The Labute approximate surface area is 104 Å². The number of aliphatic hydroxyl groups excluding tert-OH is 1. The quantitative estimate of drug-likeness (QED) is 0.864. The first-order valence-electron chi connectivity index (χ1n) is 5.71. The Morgan fingerprint density at radius 3 is 2.88 bits per heavy atom. The van der Waals surface area contributed by atoms with Crippen LogP contribution in [0.1, 0.15) is 36.0 Å². The number of rotatable bonds is 3. The molecule has 1 saturated carbocycles. The summed E-state index contributed by atoms with van der Waals surface area (Å²) >= 11 is 1.39. The molecule has 1 aromatic rings. The molecule has 0 radical (unpaired) electrons. The molecule has 5 heteroatoms. The fourth-order valence-corrected chi connectivity index (χ4v) is 3.27. The summed E-state index contributed by atoms with van der Waals surface area (Å²) in [6.07, 6.45) is 5.09. The zero-order valence-electron chi connectivity index (χ0n) is 9.37. The van der Waals surface area contributed by atoms with Gasteiger partial charge in [0.25, 0.3) is 0 Å². The standard InChI is InChI=1S/C12H15NO3S/c14-9-5-1-2-6-10(9)17-11-8(12(15)16)4-3-7-13-11/h3-4,7,9-10,14H,1-2,5-6H2,(H,15,16)/t9-,10-/m0/s1. The number of hydrogen-bond donors (Lipinski definition) is 2. The summed E-state index contributed by atoms with van der Waals surface area (Å²) in [5.41, 5.74) is 0.218. The van der Waals surface area contributed by atoms with Crippen LogP contribution in [0, 0.1) is 0 Å². The molecule has 0 saturated heterocycles. The van der Waals surface area contributed by atoms with Crippen LogP contribution in [0.3, 0.4) is 0 Å². The molecule has 2 N–H and O–H groups in total.